The fraction of sp³-hybridized carbons (Fsp3) is 0.667. The molecule has 3 saturated carbocycles. The van der Waals surface area contributed by atoms with Crippen LogP contribution in [0.2, 0.25) is 0 Å². The van der Waals surface area contributed by atoms with Gasteiger partial charge in [0.25, 0.3) is 0 Å². The maximum atomic E-state index is 13.5. The van der Waals surface area contributed by atoms with Gasteiger partial charge in [-0.15, -0.1) is 0 Å². The lowest BCUT2D eigenvalue weighted by atomic mass is 9.44. The molecule has 2 amide bonds. The van der Waals surface area contributed by atoms with E-state index in [2.05, 4.69) is 48.1 Å². The van der Waals surface area contributed by atoms with Gasteiger partial charge < -0.3 is 15.1 Å². The highest BCUT2D eigenvalue weighted by Crippen LogP contribution is 2.61. The molecule has 1 aromatic rings. The summed E-state index contributed by atoms with van der Waals surface area (Å²) >= 11 is 0. The van der Waals surface area contributed by atoms with E-state index >= 15 is 0 Å². The molecule has 1 N–H and O–H groups in total. The summed E-state index contributed by atoms with van der Waals surface area (Å²) in [6.45, 7) is 9.99. The van der Waals surface area contributed by atoms with Crippen LogP contribution in [-0.2, 0) is 9.59 Å². The molecule has 1 aromatic heterocycles. The molecule has 6 nitrogen and oxygen atoms in total. The second kappa shape index (κ2) is 8.77. The summed E-state index contributed by atoms with van der Waals surface area (Å²) in [5, 5.41) is 3.39. The minimum atomic E-state index is -0.255. The second-order valence-corrected chi connectivity index (χ2v) is 11.2. The first kappa shape index (κ1) is 22.4. The Hall–Kier alpha value is -2.37. The number of hydrogen-bond donors (Lipinski definition) is 1. The van der Waals surface area contributed by atoms with E-state index in [9.17, 15) is 9.59 Å². The lowest BCUT2D eigenvalue weighted by Crippen LogP contribution is -2.61. The van der Waals surface area contributed by atoms with Gasteiger partial charge in [0, 0.05) is 38.4 Å². The topological polar surface area (TPSA) is 65.5 Å². The third kappa shape index (κ3) is 4.06. The second-order valence-electron chi connectivity index (χ2n) is 11.2. The molecular formula is C27H38N4O2. The van der Waals surface area contributed by atoms with Crippen LogP contribution < -0.4 is 10.2 Å². The molecule has 0 spiro atoms. The van der Waals surface area contributed by atoms with Crippen molar-refractivity contribution in [1.82, 2.24) is 15.2 Å². The lowest BCUT2D eigenvalue weighted by molar-refractivity contribution is -0.145. The van der Waals surface area contributed by atoms with Crippen LogP contribution >= 0.6 is 0 Å². The monoisotopic (exact) mass is 450 g/mol. The zero-order valence-corrected chi connectivity index (χ0v) is 20.2. The molecule has 0 aromatic carbocycles. The standard InChI is InChI=1S/C27H38N4O2/c1-18-22-16-19(27(22,2)3)17-23(18)29-25(32)20-8-4-5-9-21(20)26(33)31-14-12-30(13-15-31)24-10-6-7-11-28-24/h4-7,10-11,18-23H,8-9,12-17H2,1-3H3,(H,29,32)/t18-,19+,20?,21?,22-,23-/m1/s1. The fourth-order valence-corrected chi connectivity index (χ4v) is 6.94. The smallest absolute Gasteiger partial charge is 0.226 e. The Balaban J connectivity index is 1.20. The molecular weight excluding hydrogens is 412 g/mol. The third-order valence-corrected chi connectivity index (χ3v) is 9.33. The van der Waals surface area contributed by atoms with Crippen molar-refractivity contribution in [2.24, 2.45) is 35.0 Å². The minimum Gasteiger partial charge on any atom is -0.353 e. The first-order valence-electron chi connectivity index (χ1n) is 12.8. The van der Waals surface area contributed by atoms with E-state index in [-0.39, 0.29) is 29.7 Å². The van der Waals surface area contributed by atoms with Gasteiger partial charge in [0.15, 0.2) is 0 Å². The van der Waals surface area contributed by atoms with Crippen LogP contribution in [-0.4, -0.2) is 53.9 Å². The van der Waals surface area contributed by atoms with E-state index in [1.165, 1.54) is 6.42 Å². The number of piperazine rings is 1. The molecule has 2 heterocycles. The van der Waals surface area contributed by atoms with Crippen LogP contribution in [0.25, 0.3) is 0 Å². The summed E-state index contributed by atoms with van der Waals surface area (Å²) in [5.74, 6) is 2.59. The van der Waals surface area contributed by atoms with Gasteiger partial charge in [-0.3, -0.25) is 9.59 Å². The number of fused-ring (bicyclic) bond motifs is 2. The molecule has 2 bridgehead atoms. The average molecular weight is 451 g/mol. The molecule has 33 heavy (non-hydrogen) atoms. The van der Waals surface area contributed by atoms with Crippen LogP contribution in [0.3, 0.4) is 0 Å². The number of amides is 2. The van der Waals surface area contributed by atoms with Crippen LogP contribution in [0.4, 0.5) is 5.82 Å². The van der Waals surface area contributed by atoms with Crippen LogP contribution in [0.5, 0.6) is 0 Å². The van der Waals surface area contributed by atoms with Gasteiger partial charge >= 0.3 is 0 Å². The van der Waals surface area contributed by atoms with Crippen LogP contribution in [0.1, 0.15) is 46.5 Å². The summed E-state index contributed by atoms with van der Waals surface area (Å²) in [6, 6.07) is 6.18. The van der Waals surface area contributed by atoms with Gasteiger partial charge in [0.2, 0.25) is 11.8 Å². The summed E-state index contributed by atoms with van der Waals surface area (Å²) in [6.07, 6.45) is 9.67. The van der Waals surface area contributed by atoms with Crippen LogP contribution in [0, 0.1) is 35.0 Å². The Morgan fingerprint density at radius 3 is 2.39 bits per heavy atom. The van der Waals surface area contributed by atoms with E-state index in [0.29, 0.717) is 49.1 Å². The molecule has 4 aliphatic carbocycles. The normalized spacial score (nSPS) is 35.0. The van der Waals surface area contributed by atoms with Crippen molar-refractivity contribution in [3.63, 3.8) is 0 Å². The Morgan fingerprint density at radius 1 is 1.03 bits per heavy atom. The highest BCUT2D eigenvalue weighted by atomic mass is 16.2. The highest BCUT2D eigenvalue weighted by Gasteiger charge is 2.56. The largest absolute Gasteiger partial charge is 0.353 e. The van der Waals surface area contributed by atoms with Gasteiger partial charge in [-0.25, -0.2) is 4.98 Å². The van der Waals surface area contributed by atoms with E-state index in [1.807, 2.05) is 29.3 Å². The molecule has 0 radical (unpaired) electrons. The molecule has 5 aliphatic rings. The first-order valence-corrected chi connectivity index (χ1v) is 12.8. The number of carbonyl (C=O) groups excluding carboxylic acids is 2. The van der Waals surface area contributed by atoms with Gasteiger partial charge in [0.05, 0.1) is 11.8 Å². The average Bonchev–Trinajstić information content (AvgIpc) is 2.85. The highest BCUT2D eigenvalue weighted by molar-refractivity contribution is 5.88. The molecule has 6 atom stereocenters. The minimum absolute atomic E-state index is 0.0841. The SMILES string of the molecule is C[C@@H]1[C@H]2C[C@@H](C[C@H]1NC(=O)C1CC=CCC1C(=O)N1CCN(c3ccccn3)CC1)C2(C)C. The number of allylic oxidation sites excluding steroid dienone is 2. The predicted octanol–water partition coefficient (Wildman–Crippen LogP) is 3.50. The quantitative estimate of drug-likeness (QED) is 0.713. The number of hydrogen-bond acceptors (Lipinski definition) is 4. The summed E-state index contributed by atoms with van der Waals surface area (Å²) in [7, 11) is 0. The molecule has 178 valence electrons. The van der Waals surface area contributed by atoms with Crippen molar-refractivity contribution in [2.75, 3.05) is 31.1 Å². The number of carbonyl (C=O) groups is 2. The Labute approximate surface area is 197 Å². The summed E-state index contributed by atoms with van der Waals surface area (Å²) < 4.78 is 0. The molecule has 1 aliphatic heterocycles. The van der Waals surface area contributed by atoms with Gasteiger partial charge in [-0.2, -0.15) is 0 Å². The summed E-state index contributed by atoms with van der Waals surface area (Å²) in [4.78, 5) is 35.5. The maximum absolute atomic E-state index is 13.5. The van der Waals surface area contributed by atoms with E-state index in [1.54, 1.807) is 0 Å². The Kier molecular flexibility index (Phi) is 5.96. The Bertz CT molecular complexity index is 906. The zero-order chi connectivity index (χ0) is 23.2. The van der Waals surface area contributed by atoms with Gasteiger partial charge in [-0.1, -0.05) is 39.0 Å². The first-order chi connectivity index (χ1) is 15.9. The van der Waals surface area contributed by atoms with Gasteiger partial charge in [-0.05, 0) is 61.0 Å². The number of aromatic nitrogens is 1. The maximum Gasteiger partial charge on any atom is 0.226 e. The van der Waals surface area contributed by atoms with E-state index < -0.39 is 0 Å². The molecule has 6 rings (SSSR count). The third-order valence-electron chi connectivity index (χ3n) is 9.33. The van der Waals surface area contributed by atoms with Crippen molar-refractivity contribution in [3.05, 3.63) is 36.5 Å². The lowest BCUT2D eigenvalue weighted by Gasteiger charge is -2.62. The van der Waals surface area contributed by atoms with Gasteiger partial charge in [0.1, 0.15) is 5.82 Å². The molecule has 4 fully saturated rings. The zero-order valence-electron chi connectivity index (χ0n) is 20.2. The number of rotatable bonds is 4. The van der Waals surface area contributed by atoms with E-state index in [4.69, 9.17) is 0 Å². The van der Waals surface area contributed by atoms with Crippen LogP contribution in [0.15, 0.2) is 36.5 Å². The number of nitrogens with zero attached hydrogens (tertiary/aromatic N) is 3. The van der Waals surface area contributed by atoms with Crippen molar-refractivity contribution in [1.29, 1.82) is 0 Å². The molecule has 1 saturated heterocycles. The Morgan fingerprint density at radius 2 is 1.76 bits per heavy atom. The fourth-order valence-electron chi connectivity index (χ4n) is 6.94. The number of anilines is 1. The van der Waals surface area contributed by atoms with Crippen molar-refractivity contribution < 1.29 is 9.59 Å². The molecule has 2 unspecified atom stereocenters. The van der Waals surface area contributed by atoms with Crippen molar-refractivity contribution in [2.45, 2.75) is 52.5 Å². The van der Waals surface area contributed by atoms with E-state index in [0.717, 1.165) is 25.3 Å². The van der Waals surface area contributed by atoms with Crippen molar-refractivity contribution in [3.8, 4) is 0 Å². The van der Waals surface area contributed by atoms with Crippen molar-refractivity contribution >= 4 is 17.6 Å². The number of pyridine rings is 1. The predicted molar refractivity (Wildman–Crippen MR) is 129 cm³/mol. The summed E-state index contributed by atoms with van der Waals surface area (Å²) in [5.41, 5.74) is 0.407. The number of nitrogens with one attached hydrogen (secondary N) is 1. The molecule has 6 heteroatoms.